The van der Waals surface area contributed by atoms with Crippen molar-refractivity contribution in [1.29, 1.82) is 0 Å². The van der Waals surface area contributed by atoms with Crippen molar-refractivity contribution in [2.75, 3.05) is 39.6 Å². The van der Waals surface area contributed by atoms with Gasteiger partial charge in [0.15, 0.2) is 12.2 Å². The molecule has 19 heteroatoms. The maximum Gasteiger partial charge on any atom is 0.472 e. The van der Waals surface area contributed by atoms with Gasteiger partial charge in [-0.25, -0.2) is 9.13 Å². The van der Waals surface area contributed by atoms with Gasteiger partial charge < -0.3 is 33.8 Å². The fraction of sp³-hybridized carbons (Fsp3) is 0.671. The lowest BCUT2D eigenvalue weighted by Crippen LogP contribution is -2.30. The molecule has 560 valence electrons. The average Bonchev–Trinajstić information content (AvgIpc) is 0.972. The van der Waals surface area contributed by atoms with Gasteiger partial charge in [-0.3, -0.25) is 37.3 Å². The van der Waals surface area contributed by atoms with Gasteiger partial charge in [0, 0.05) is 19.3 Å². The Bertz CT molecular complexity index is 2380. The van der Waals surface area contributed by atoms with Gasteiger partial charge in [-0.1, -0.05) is 303 Å². The third-order valence-corrected chi connectivity index (χ3v) is 17.1. The molecule has 0 radical (unpaired) electrons. The Labute approximate surface area is 593 Å². The summed E-state index contributed by atoms with van der Waals surface area (Å²) in [5, 5.41) is 10.6. The number of carbonyl (C=O) groups is 4. The number of aliphatic hydroxyl groups excluding tert-OH is 1. The summed E-state index contributed by atoms with van der Waals surface area (Å²) >= 11 is 0. The Kier molecular flexibility index (Phi) is 67.2. The molecule has 0 bridgehead atoms. The number of hydrogen-bond donors (Lipinski definition) is 3. The zero-order valence-corrected chi connectivity index (χ0v) is 62.7. The topological polar surface area (TPSA) is 237 Å². The van der Waals surface area contributed by atoms with Crippen molar-refractivity contribution in [2.45, 2.75) is 303 Å². The highest BCUT2D eigenvalue weighted by Crippen LogP contribution is 2.45. The standard InChI is InChI=1S/C79H132O17P2/c1-5-9-13-17-21-25-29-32-34-35-36-37-39-42-45-48-52-56-60-64-77(82)90-70-75(96-79(84)66-62-58-54-50-46-40-31-27-23-19-15-11-7-3)72-94-98(87,88)92-68-73(80)67-91-97(85,86)93-71-74(95-78(83)65-61-57-53-49-43-28-24-20-16-12-8-4)69-89-76(81)63-59-55-51-47-44-41-38-33-30-26-22-18-14-10-6-2/h9-10,13-14,21-22,25-26,32-34,36-38,42,44-45,47,52,55-56,59,73-75,80H,5-8,11-12,15-20,23-24,27-31,35,39-41,43,46,48-51,53-54,57-58,60-72H2,1-4H3,(H,85,86)(H,87,88)/b13-9-,14-10-,25-21-,26-22-,34-32-,37-36-,38-33-,45-42-,47-44-,56-52-,59-55-. The number of aliphatic hydroxyl groups is 1. The first-order chi connectivity index (χ1) is 47.7. The molecular weight excluding hydrogens is 1280 g/mol. The van der Waals surface area contributed by atoms with Crippen molar-refractivity contribution >= 4 is 39.5 Å². The summed E-state index contributed by atoms with van der Waals surface area (Å²) in [4.78, 5) is 72.6. The largest absolute Gasteiger partial charge is 0.472 e. The summed E-state index contributed by atoms with van der Waals surface area (Å²) in [6.07, 6.45) is 77.9. The molecular formula is C79H132O17P2. The SMILES string of the molecule is CC/C=C\C/C=C\C/C=C\C/C=C\C/C=C\C/C=C\CCC(=O)OCC(COP(=O)(O)OCC(O)COP(=O)(O)OCC(COC(=O)C/C=C\C/C=C\C/C=C\C/C=C\C/C=C\CC)OC(=O)CCCCCCCCCCCCC)OC(=O)CCCCCCCCCCCCCCC. The van der Waals surface area contributed by atoms with Crippen LogP contribution in [0.3, 0.4) is 0 Å². The minimum Gasteiger partial charge on any atom is -0.462 e. The van der Waals surface area contributed by atoms with Crippen molar-refractivity contribution in [3.05, 3.63) is 134 Å². The lowest BCUT2D eigenvalue weighted by Gasteiger charge is -2.21. The van der Waals surface area contributed by atoms with Crippen LogP contribution in [0.2, 0.25) is 0 Å². The molecule has 98 heavy (non-hydrogen) atoms. The Balaban J connectivity index is 5.44. The molecule has 0 aromatic heterocycles. The molecule has 0 aliphatic carbocycles. The number of hydrogen-bond acceptors (Lipinski definition) is 15. The molecule has 5 unspecified atom stereocenters. The summed E-state index contributed by atoms with van der Waals surface area (Å²) in [5.41, 5.74) is 0. The predicted octanol–water partition coefficient (Wildman–Crippen LogP) is 21.3. The van der Waals surface area contributed by atoms with Gasteiger partial charge in [0.2, 0.25) is 0 Å². The number of unbranched alkanes of at least 4 members (excludes halogenated alkanes) is 22. The molecule has 0 saturated heterocycles. The molecule has 3 N–H and O–H groups in total. The number of carbonyl (C=O) groups excluding carboxylic acids is 4. The van der Waals surface area contributed by atoms with E-state index >= 15 is 0 Å². The highest BCUT2D eigenvalue weighted by Gasteiger charge is 2.30. The van der Waals surface area contributed by atoms with Gasteiger partial charge in [-0.05, 0) is 89.9 Å². The zero-order chi connectivity index (χ0) is 71.8. The first kappa shape index (κ1) is 93.2. The van der Waals surface area contributed by atoms with Crippen LogP contribution in [0.15, 0.2) is 134 Å². The normalized spacial score (nSPS) is 14.7. The zero-order valence-electron chi connectivity index (χ0n) is 60.9. The minimum absolute atomic E-state index is 0.0337. The van der Waals surface area contributed by atoms with Crippen molar-refractivity contribution in [1.82, 2.24) is 0 Å². The van der Waals surface area contributed by atoms with Crippen LogP contribution in [0, 0.1) is 0 Å². The molecule has 17 nitrogen and oxygen atoms in total. The molecule has 0 aromatic rings. The van der Waals surface area contributed by atoms with Crippen LogP contribution < -0.4 is 0 Å². The highest BCUT2D eigenvalue weighted by atomic mass is 31.2. The number of phosphoric ester groups is 2. The number of allylic oxidation sites excluding steroid dienone is 21. The molecule has 0 amide bonds. The molecule has 0 aliphatic rings. The second-order valence-electron chi connectivity index (χ2n) is 24.5. The second kappa shape index (κ2) is 70.6. The van der Waals surface area contributed by atoms with E-state index in [1.165, 1.54) is 89.9 Å². The van der Waals surface area contributed by atoms with E-state index in [1.807, 2.05) is 36.5 Å². The van der Waals surface area contributed by atoms with Gasteiger partial charge >= 0.3 is 39.5 Å². The second-order valence-corrected chi connectivity index (χ2v) is 27.4. The summed E-state index contributed by atoms with van der Waals surface area (Å²) in [6, 6.07) is 0. The smallest absolute Gasteiger partial charge is 0.462 e. The molecule has 5 atom stereocenters. The third kappa shape index (κ3) is 69.7. The number of phosphoric acid groups is 2. The highest BCUT2D eigenvalue weighted by molar-refractivity contribution is 7.47. The quantitative estimate of drug-likeness (QED) is 0.0169. The maximum atomic E-state index is 13.1. The van der Waals surface area contributed by atoms with Crippen LogP contribution in [-0.2, 0) is 65.4 Å². The Morgan fingerprint density at radius 1 is 0.306 bits per heavy atom. The molecule has 0 rings (SSSR count). The van der Waals surface area contributed by atoms with E-state index in [2.05, 4.69) is 119 Å². The van der Waals surface area contributed by atoms with Gasteiger partial charge in [-0.15, -0.1) is 0 Å². The summed E-state index contributed by atoms with van der Waals surface area (Å²) in [5.74, 6) is -2.42. The third-order valence-electron chi connectivity index (χ3n) is 15.2. The van der Waals surface area contributed by atoms with Crippen molar-refractivity contribution in [3.8, 4) is 0 Å². The minimum atomic E-state index is -4.99. The fourth-order valence-electron chi connectivity index (χ4n) is 9.55. The van der Waals surface area contributed by atoms with Gasteiger partial charge in [0.05, 0.1) is 32.8 Å². The van der Waals surface area contributed by atoms with Gasteiger partial charge in [0.25, 0.3) is 0 Å². The Morgan fingerprint density at radius 2 is 0.571 bits per heavy atom. The van der Waals surface area contributed by atoms with Crippen LogP contribution in [0.5, 0.6) is 0 Å². The van der Waals surface area contributed by atoms with E-state index in [9.17, 15) is 43.2 Å². The van der Waals surface area contributed by atoms with Gasteiger partial charge in [-0.2, -0.15) is 0 Å². The van der Waals surface area contributed by atoms with E-state index in [-0.39, 0.29) is 25.7 Å². The number of rotatable bonds is 69. The van der Waals surface area contributed by atoms with E-state index in [4.69, 9.17) is 37.0 Å². The molecule has 0 spiro atoms. The Hall–Kier alpha value is -4.80. The van der Waals surface area contributed by atoms with Crippen molar-refractivity contribution in [2.24, 2.45) is 0 Å². The van der Waals surface area contributed by atoms with Crippen LogP contribution in [0.4, 0.5) is 0 Å². The molecule has 0 aromatic carbocycles. The molecule has 0 heterocycles. The van der Waals surface area contributed by atoms with Crippen LogP contribution >= 0.6 is 15.6 Å². The van der Waals surface area contributed by atoms with E-state index < -0.39 is 97.5 Å². The van der Waals surface area contributed by atoms with E-state index in [0.717, 1.165) is 109 Å². The first-order valence-corrected chi connectivity index (χ1v) is 40.4. The predicted molar refractivity (Wildman–Crippen MR) is 399 cm³/mol. The number of ether oxygens (including phenoxy) is 4. The summed E-state index contributed by atoms with van der Waals surface area (Å²) in [6.45, 7) is 4.43. The van der Waals surface area contributed by atoms with Crippen molar-refractivity contribution in [3.63, 3.8) is 0 Å². The van der Waals surface area contributed by atoms with Crippen LogP contribution in [0.1, 0.15) is 285 Å². The lowest BCUT2D eigenvalue weighted by atomic mass is 10.0. The Morgan fingerprint density at radius 3 is 0.888 bits per heavy atom. The maximum absolute atomic E-state index is 13.1. The molecule has 0 fully saturated rings. The van der Waals surface area contributed by atoms with Crippen molar-refractivity contribution < 1.29 is 80.2 Å². The molecule has 0 aliphatic heterocycles. The van der Waals surface area contributed by atoms with Gasteiger partial charge in [0.1, 0.15) is 19.3 Å². The summed E-state index contributed by atoms with van der Waals surface area (Å²) in [7, 11) is -9.99. The average molecular weight is 1420 g/mol. The van der Waals surface area contributed by atoms with Crippen LogP contribution in [-0.4, -0.2) is 96.7 Å². The summed E-state index contributed by atoms with van der Waals surface area (Å²) < 4.78 is 68.2. The van der Waals surface area contributed by atoms with E-state index in [0.29, 0.717) is 32.1 Å². The monoisotopic (exact) mass is 1410 g/mol. The first-order valence-electron chi connectivity index (χ1n) is 37.4. The van der Waals surface area contributed by atoms with E-state index in [1.54, 1.807) is 6.08 Å². The molecule has 0 saturated carbocycles. The number of esters is 4. The fourth-order valence-corrected chi connectivity index (χ4v) is 11.1. The van der Waals surface area contributed by atoms with Crippen LogP contribution in [0.25, 0.3) is 0 Å². The lowest BCUT2D eigenvalue weighted by molar-refractivity contribution is -0.161.